The molecular formula is C21H22N4O3. The number of aryl methyl sites for hydroxylation is 1. The van der Waals surface area contributed by atoms with Crippen molar-refractivity contribution in [3.05, 3.63) is 59.7 Å². The highest BCUT2D eigenvalue weighted by molar-refractivity contribution is 6.25. The zero-order chi connectivity index (χ0) is 19.7. The molecule has 1 fully saturated rings. The Kier molecular flexibility index (Phi) is 4.81. The van der Waals surface area contributed by atoms with Gasteiger partial charge in [-0.2, -0.15) is 5.11 Å². The Balaban J connectivity index is 1.53. The Hall–Kier alpha value is -3.22. The molecule has 0 saturated carbocycles. The SMILES string of the molecule is CCOc1ccc(N2C(=O)[C@@H]3N=NN(Cc4ccc(CC)cc4)[C@H]3C2=O)cc1. The van der Waals surface area contributed by atoms with Crippen molar-refractivity contribution in [2.75, 3.05) is 11.5 Å². The molecule has 7 nitrogen and oxygen atoms in total. The first-order valence-corrected chi connectivity index (χ1v) is 9.48. The number of ether oxygens (including phenoxy) is 1. The lowest BCUT2D eigenvalue weighted by Crippen LogP contribution is -2.39. The second-order valence-electron chi connectivity index (χ2n) is 6.80. The number of amides is 2. The molecule has 2 aromatic carbocycles. The number of carbonyl (C=O) groups is 2. The maximum atomic E-state index is 13.0. The summed E-state index contributed by atoms with van der Waals surface area (Å²) in [5, 5.41) is 9.78. The summed E-state index contributed by atoms with van der Waals surface area (Å²) < 4.78 is 5.42. The summed E-state index contributed by atoms with van der Waals surface area (Å²) in [4.78, 5) is 27.0. The molecule has 0 unspecified atom stereocenters. The van der Waals surface area contributed by atoms with Crippen molar-refractivity contribution in [2.45, 2.75) is 38.9 Å². The van der Waals surface area contributed by atoms with Gasteiger partial charge in [0.1, 0.15) is 5.75 Å². The van der Waals surface area contributed by atoms with Crippen LogP contribution in [0.5, 0.6) is 5.75 Å². The molecule has 1 saturated heterocycles. The van der Waals surface area contributed by atoms with E-state index in [0.717, 1.165) is 12.0 Å². The van der Waals surface area contributed by atoms with Crippen LogP contribution in [-0.4, -0.2) is 35.5 Å². The van der Waals surface area contributed by atoms with Crippen molar-refractivity contribution in [2.24, 2.45) is 10.3 Å². The van der Waals surface area contributed by atoms with E-state index in [4.69, 9.17) is 4.74 Å². The number of imide groups is 1. The Labute approximate surface area is 163 Å². The van der Waals surface area contributed by atoms with E-state index in [1.165, 1.54) is 10.5 Å². The van der Waals surface area contributed by atoms with Crippen molar-refractivity contribution in [1.29, 1.82) is 0 Å². The lowest BCUT2D eigenvalue weighted by Gasteiger charge is -2.21. The molecule has 7 heteroatoms. The van der Waals surface area contributed by atoms with Crippen LogP contribution in [0.15, 0.2) is 58.9 Å². The number of carbonyl (C=O) groups excluding carboxylic acids is 2. The number of rotatable bonds is 6. The van der Waals surface area contributed by atoms with Crippen LogP contribution in [0.1, 0.15) is 25.0 Å². The van der Waals surface area contributed by atoms with Crippen molar-refractivity contribution in [1.82, 2.24) is 5.01 Å². The number of nitrogens with zero attached hydrogens (tertiary/aromatic N) is 4. The summed E-state index contributed by atoms with van der Waals surface area (Å²) in [6.07, 6.45) is 0.971. The largest absolute Gasteiger partial charge is 0.494 e. The van der Waals surface area contributed by atoms with Gasteiger partial charge >= 0.3 is 0 Å². The van der Waals surface area contributed by atoms with Crippen molar-refractivity contribution >= 4 is 17.5 Å². The van der Waals surface area contributed by atoms with Crippen LogP contribution in [0.4, 0.5) is 5.69 Å². The molecule has 0 N–H and O–H groups in total. The summed E-state index contributed by atoms with van der Waals surface area (Å²) in [5.74, 6) is 0.0588. The zero-order valence-electron chi connectivity index (χ0n) is 15.9. The fourth-order valence-corrected chi connectivity index (χ4v) is 3.53. The highest BCUT2D eigenvalue weighted by atomic mass is 16.5. The summed E-state index contributed by atoms with van der Waals surface area (Å²) in [7, 11) is 0. The molecule has 2 aliphatic rings. The molecule has 0 spiro atoms. The van der Waals surface area contributed by atoms with E-state index in [1.54, 1.807) is 29.3 Å². The number of hydrogen-bond donors (Lipinski definition) is 0. The second-order valence-corrected chi connectivity index (χ2v) is 6.80. The van der Waals surface area contributed by atoms with E-state index in [0.29, 0.717) is 24.6 Å². The molecule has 2 amide bonds. The summed E-state index contributed by atoms with van der Waals surface area (Å²) in [6, 6.07) is 13.6. The standard InChI is InChI=1S/C21H22N4O3/c1-3-14-5-7-15(8-6-14)13-24-19-18(22-23-24)20(26)25(21(19)27)16-9-11-17(12-10-16)28-4-2/h5-12,18-19H,3-4,13H2,1-2H3/t18-,19-/m1/s1. The number of anilines is 1. The minimum Gasteiger partial charge on any atom is -0.494 e. The highest BCUT2D eigenvalue weighted by Crippen LogP contribution is 2.33. The van der Waals surface area contributed by atoms with Crippen LogP contribution in [0, 0.1) is 0 Å². The topological polar surface area (TPSA) is 74.6 Å². The van der Waals surface area contributed by atoms with Gasteiger partial charge in [0.05, 0.1) is 18.8 Å². The molecule has 2 heterocycles. The van der Waals surface area contributed by atoms with Gasteiger partial charge < -0.3 is 4.74 Å². The van der Waals surface area contributed by atoms with E-state index in [2.05, 4.69) is 29.4 Å². The zero-order valence-corrected chi connectivity index (χ0v) is 15.9. The fraction of sp³-hybridized carbons (Fsp3) is 0.333. The van der Waals surface area contributed by atoms with Gasteiger partial charge in [0, 0.05) is 0 Å². The number of benzene rings is 2. The van der Waals surface area contributed by atoms with Crippen molar-refractivity contribution in [3.63, 3.8) is 0 Å². The van der Waals surface area contributed by atoms with Gasteiger partial charge in [0.15, 0.2) is 12.1 Å². The predicted molar refractivity (Wildman–Crippen MR) is 104 cm³/mol. The van der Waals surface area contributed by atoms with E-state index in [9.17, 15) is 9.59 Å². The van der Waals surface area contributed by atoms with Gasteiger partial charge in [-0.1, -0.05) is 36.4 Å². The molecule has 2 aromatic rings. The van der Waals surface area contributed by atoms with Gasteiger partial charge in [0.25, 0.3) is 11.8 Å². The third-order valence-electron chi connectivity index (χ3n) is 5.04. The van der Waals surface area contributed by atoms with Gasteiger partial charge in [0.2, 0.25) is 0 Å². The lowest BCUT2D eigenvalue weighted by atomic mass is 10.1. The van der Waals surface area contributed by atoms with E-state index in [-0.39, 0.29) is 11.8 Å². The summed E-state index contributed by atoms with van der Waals surface area (Å²) in [6.45, 7) is 5.00. The molecule has 2 aliphatic heterocycles. The molecule has 0 aliphatic carbocycles. The Bertz CT molecular complexity index is 908. The van der Waals surface area contributed by atoms with E-state index >= 15 is 0 Å². The lowest BCUT2D eigenvalue weighted by molar-refractivity contribution is -0.123. The molecule has 28 heavy (non-hydrogen) atoms. The van der Waals surface area contributed by atoms with Crippen LogP contribution in [0.25, 0.3) is 0 Å². The summed E-state index contributed by atoms with van der Waals surface area (Å²) >= 11 is 0. The van der Waals surface area contributed by atoms with Crippen LogP contribution >= 0.6 is 0 Å². The molecule has 0 bridgehead atoms. The molecular weight excluding hydrogens is 356 g/mol. The average Bonchev–Trinajstić information content (AvgIpc) is 3.23. The predicted octanol–water partition coefficient (Wildman–Crippen LogP) is 3.14. The van der Waals surface area contributed by atoms with Crippen LogP contribution < -0.4 is 9.64 Å². The number of fused-ring (bicyclic) bond motifs is 1. The van der Waals surface area contributed by atoms with Gasteiger partial charge in [-0.3, -0.25) is 14.6 Å². The van der Waals surface area contributed by atoms with Crippen LogP contribution in [-0.2, 0) is 22.6 Å². The van der Waals surface area contributed by atoms with Crippen LogP contribution in [0.3, 0.4) is 0 Å². The Morgan fingerprint density at radius 3 is 2.25 bits per heavy atom. The smallest absolute Gasteiger partial charge is 0.263 e. The fourth-order valence-electron chi connectivity index (χ4n) is 3.53. The normalized spacial score (nSPS) is 20.8. The quantitative estimate of drug-likeness (QED) is 0.724. The third kappa shape index (κ3) is 3.13. The first-order chi connectivity index (χ1) is 13.6. The van der Waals surface area contributed by atoms with Crippen molar-refractivity contribution < 1.29 is 14.3 Å². The third-order valence-corrected chi connectivity index (χ3v) is 5.04. The first-order valence-electron chi connectivity index (χ1n) is 9.48. The minimum absolute atomic E-state index is 0.297. The van der Waals surface area contributed by atoms with E-state index in [1.807, 2.05) is 19.1 Å². The number of hydrogen-bond acceptors (Lipinski definition) is 6. The molecule has 0 radical (unpaired) electrons. The van der Waals surface area contributed by atoms with Gasteiger partial charge in [-0.05, 0) is 48.7 Å². The maximum absolute atomic E-state index is 13.0. The van der Waals surface area contributed by atoms with Crippen LogP contribution in [0.2, 0.25) is 0 Å². The Morgan fingerprint density at radius 1 is 0.929 bits per heavy atom. The molecule has 2 atom stereocenters. The van der Waals surface area contributed by atoms with Crippen molar-refractivity contribution in [3.8, 4) is 5.75 Å². The second kappa shape index (κ2) is 7.42. The molecule has 144 valence electrons. The van der Waals surface area contributed by atoms with Gasteiger partial charge in [-0.25, -0.2) is 4.90 Å². The van der Waals surface area contributed by atoms with Gasteiger partial charge in [-0.15, -0.1) is 0 Å². The summed E-state index contributed by atoms with van der Waals surface area (Å²) in [5.41, 5.74) is 2.80. The minimum atomic E-state index is -0.783. The molecule has 0 aromatic heterocycles. The highest BCUT2D eigenvalue weighted by Gasteiger charge is 2.54. The monoisotopic (exact) mass is 378 g/mol. The average molecular weight is 378 g/mol. The molecule has 4 rings (SSSR count). The Morgan fingerprint density at radius 2 is 1.61 bits per heavy atom. The maximum Gasteiger partial charge on any atom is 0.263 e. The van der Waals surface area contributed by atoms with E-state index < -0.39 is 12.1 Å². The first kappa shape index (κ1) is 18.2.